The smallest absolute Gasteiger partial charge is 0.290 e. The zero-order valence-electron chi connectivity index (χ0n) is 22.3. The summed E-state index contributed by atoms with van der Waals surface area (Å²) in [5.41, 5.74) is 1.33. The van der Waals surface area contributed by atoms with Crippen LogP contribution in [-0.2, 0) is 25.7 Å². The molecule has 0 spiro atoms. The lowest BCUT2D eigenvalue weighted by molar-refractivity contribution is -0.148. The average Bonchev–Trinajstić information content (AvgIpc) is 3.36. The zero-order chi connectivity index (χ0) is 28.1. The first kappa shape index (κ1) is 29.0. The molecule has 0 saturated carbocycles. The Bertz CT molecular complexity index is 1100. The summed E-state index contributed by atoms with van der Waals surface area (Å²) in [6.45, 7) is 4.15. The van der Waals surface area contributed by atoms with Crippen LogP contribution in [0.5, 0.6) is 11.5 Å². The summed E-state index contributed by atoms with van der Waals surface area (Å²) in [4.78, 5) is 42.7. The number of carbonyl (C=O) groups is 3. The van der Waals surface area contributed by atoms with Gasteiger partial charge in [-0.25, -0.2) is 0 Å². The van der Waals surface area contributed by atoms with Crippen molar-refractivity contribution >= 4 is 17.6 Å². The number of fused-ring (bicyclic) bond motifs is 3. The highest BCUT2D eigenvalue weighted by molar-refractivity contribution is 6.36. The van der Waals surface area contributed by atoms with E-state index in [9.17, 15) is 29.7 Å². The van der Waals surface area contributed by atoms with Crippen LogP contribution in [0.25, 0.3) is 0 Å². The Hall–Kier alpha value is -3.03. The van der Waals surface area contributed by atoms with E-state index in [1.807, 2.05) is 0 Å². The number of hydrogen-bond donors (Lipinski definition) is 4. The van der Waals surface area contributed by atoms with E-state index < -0.39 is 41.8 Å². The lowest BCUT2D eigenvalue weighted by Gasteiger charge is -2.41. The number of ketones is 1. The summed E-state index contributed by atoms with van der Waals surface area (Å²) in [5.74, 6) is -1.90. The van der Waals surface area contributed by atoms with Crippen LogP contribution < -0.4 is 14.8 Å². The molecule has 1 aromatic carbocycles. The molecule has 1 aliphatic carbocycles. The highest BCUT2D eigenvalue weighted by Crippen LogP contribution is 2.51. The number of carbonyl (C=O) groups excluding carboxylic acids is 3. The third-order valence-electron chi connectivity index (χ3n) is 7.44. The van der Waals surface area contributed by atoms with Crippen LogP contribution in [-0.4, -0.2) is 121 Å². The van der Waals surface area contributed by atoms with Gasteiger partial charge in [0.25, 0.3) is 5.91 Å². The van der Waals surface area contributed by atoms with Crippen molar-refractivity contribution < 1.29 is 43.9 Å². The molecule has 4 atom stereocenters. The molecule has 0 aromatic heterocycles. The Morgan fingerprint density at radius 2 is 1.95 bits per heavy atom. The number of morpholine rings is 1. The number of methoxy groups -OCH3 is 1. The fraction of sp³-hybridized carbons (Fsp3) is 0.593. The predicted octanol–water partition coefficient (Wildman–Crippen LogP) is -1.05. The number of amides is 2. The number of hydrogen-bond acceptors (Lipinski definition) is 10. The van der Waals surface area contributed by atoms with Gasteiger partial charge in [0, 0.05) is 50.3 Å². The number of ether oxygens (including phenoxy) is 3. The van der Waals surface area contributed by atoms with Gasteiger partial charge >= 0.3 is 0 Å². The number of aliphatic hydroxyl groups excluding tert-OH is 3. The first-order valence-corrected chi connectivity index (χ1v) is 13.3. The maximum atomic E-state index is 13.4. The number of nitrogens with zero attached hydrogens (tertiary/aromatic N) is 2. The largest absolute Gasteiger partial charge is 0.493 e. The summed E-state index contributed by atoms with van der Waals surface area (Å²) in [7, 11) is 1.45. The van der Waals surface area contributed by atoms with Gasteiger partial charge in [0.1, 0.15) is 12.2 Å². The van der Waals surface area contributed by atoms with Gasteiger partial charge in [0.05, 0.1) is 45.5 Å². The molecule has 0 bridgehead atoms. The Balaban J connectivity index is 1.75. The Kier molecular flexibility index (Phi) is 9.57. The molecule has 12 nitrogen and oxygen atoms in total. The van der Waals surface area contributed by atoms with Crippen LogP contribution in [0.3, 0.4) is 0 Å². The highest BCUT2D eigenvalue weighted by atomic mass is 16.5. The summed E-state index contributed by atoms with van der Waals surface area (Å²) in [5, 5.41) is 33.3. The van der Waals surface area contributed by atoms with Crippen LogP contribution >= 0.6 is 0 Å². The molecule has 1 fully saturated rings. The number of nitrogens with one attached hydrogen (secondary N) is 1. The minimum atomic E-state index is -1.28. The van der Waals surface area contributed by atoms with Gasteiger partial charge in [-0.3, -0.25) is 19.3 Å². The fourth-order valence-electron chi connectivity index (χ4n) is 5.39. The van der Waals surface area contributed by atoms with Crippen LogP contribution in [0.1, 0.15) is 30.4 Å². The lowest BCUT2D eigenvalue weighted by atomic mass is 9.77. The van der Waals surface area contributed by atoms with Crippen molar-refractivity contribution in [3.05, 3.63) is 34.9 Å². The zero-order valence-corrected chi connectivity index (χ0v) is 22.3. The van der Waals surface area contributed by atoms with E-state index in [2.05, 4.69) is 10.2 Å². The molecule has 214 valence electrons. The van der Waals surface area contributed by atoms with E-state index in [-0.39, 0.29) is 38.3 Å². The average molecular weight is 548 g/mol. The highest BCUT2D eigenvalue weighted by Gasteiger charge is 2.51. The number of rotatable bonds is 11. The fourth-order valence-corrected chi connectivity index (χ4v) is 5.39. The van der Waals surface area contributed by atoms with Crippen LogP contribution in [0.4, 0.5) is 0 Å². The van der Waals surface area contributed by atoms with E-state index in [0.29, 0.717) is 55.5 Å². The molecule has 39 heavy (non-hydrogen) atoms. The van der Waals surface area contributed by atoms with E-state index in [1.165, 1.54) is 18.1 Å². The van der Waals surface area contributed by atoms with Gasteiger partial charge in [-0.1, -0.05) is 6.92 Å². The third kappa shape index (κ3) is 5.94. The van der Waals surface area contributed by atoms with E-state index in [1.54, 1.807) is 19.1 Å². The molecule has 1 saturated heterocycles. The van der Waals surface area contributed by atoms with Crippen LogP contribution in [0.2, 0.25) is 0 Å². The Morgan fingerprint density at radius 1 is 1.21 bits per heavy atom. The standard InChI is InChI=1S/C27H37N3O9/c1-3-20(33)27(36)30(6-5-29-7-10-38-11-8-29)19-14-18(26(35)28-4-9-31)22-17-12-16(15-32)13-21(37-2)24(17)39-25(22)23(19)34/h12-14,19,22-23,25,31-32,34H,3-11,15H2,1-2H3,(H,28,35)/t19-,22+,23+,25+/m1/s1. The van der Waals surface area contributed by atoms with Crippen molar-refractivity contribution in [3.8, 4) is 11.5 Å². The van der Waals surface area contributed by atoms with Gasteiger partial charge in [-0.2, -0.15) is 0 Å². The molecule has 0 radical (unpaired) electrons. The molecule has 4 rings (SSSR count). The molecule has 4 N–H and O–H groups in total. The Morgan fingerprint density at radius 3 is 2.59 bits per heavy atom. The third-order valence-corrected chi connectivity index (χ3v) is 7.44. The summed E-state index contributed by atoms with van der Waals surface area (Å²) >= 11 is 0. The SMILES string of the molecule is CCC(=O)C(=O)N(CCN1CCOCC1)[C@@H]1C=C(C(=O)NCCO)[C@@H]2c3cc(CO)cc(OC)c3O[C@@H]2[C@H]1O. The van der Waals surface area contributed by atoms with Crippen molar-refractivity contribution in [2.75, 3.05) is 59.7 Å². The lowest BCUT2D eigenvalue weighted by Crippen LogP contribution is -2.58. The van der Waals surface area contributed by atoms with Gasteiger partial charge in [0.15, 0.2) is 11.5 Å². The predicted molar refractivity (Wildman–Crippen MR) is 138 cm³/mol. The van der Waals surface area contributed by atoms with Crippen molar-refractivity contribution in [3.63, 3.8) is 0 Å². The first-order valence-electron chi connectivity index (χ1n) is 13.3. The van der Waals surface area contributed by atoms with Crippen molar-refractivity contribution in [2.45, 2.75) is 44.1 Å². The van der Waals surface area contributed by atoms with Crippen molar-refractivity contribution in [1.82, 2.24) is 15.1 Å². The number of benzene rings is 1. The molecular weight excluding hydrogens is 510 g/mol. The topological polar surface area (TPSA) is 158 Å². The Labute approximate surface area is 227 Å². The second-order valence-electron chi connectivity index (χ2n) is 9.75. The molecule has 3 aliphatic rings. The summed E-state index contributed by atoms with van der Waals surface area (Å²) in [6.07, 6.45) is -0.728. The van der Waals surface area contributed by atoms with Gasteiger partial charge in [-0.15, -0.1) is 0 Å². The monoisotopic (exact) mass is 547 g/mol. The minimum Gasteiger partial charge on any atom is -0.493 e. The molecule has 2 aliphatic heterocycles. The molecule has 2 heterocycles. The van der Waals surface area contributed by atoms with Crippen LogP contribution in [0.15, 0.2) is 23.8 Å². The second kappa shape index (κ2) is 12.9. The van der Waals surface area contributed by atoms with Crippen LogP contribution in [0, 0.1) is 0 Å². The molecule has 12 heteroatoms. The first-order chi connectivity index (χ1) is 18.8. The molecule has 1 aromatic rings. The van der Waals surface area contributed by atoms with Crippen molar-refractivity contribution in [2.24, 2.45) is 0 Å². The van der Waals surface area contributed by atoms with E-state index in [0.717, 1.165) is 0 Å². The number of aliphatic hydroxyl groups is 3. The maximum Gasteiger partial charge on any atom is 0.290 e. The van der Waals surface area contributed by atoms with Gasteiger partial charge < -0.3 is 39.7 Å². The molecular formula is C27H37N3O9. The van der Waals surface area contributed by atoms with E-state index >= 15 is 0 Å². The quantitative estimate of drug-likeness (QED) is 0.252. The summed E-state index contributed by atoms with van der Waals surface area (Å²) < 4.78 is 17.1. The second-order valence-corrected chi connectivity index (χ2v) is 9.75. The van der Waals surface area contributed by atoms with E-state index in [4.69, 9.17) is 14.2 Å². The van der Waals surface area contributed by atoms with Gasteiger partial charge in [-0.05, 0) is 23.8 Å². The summed E-state index contributed by atoms with van der Waals surface area (Å²) in [6, 6.07) is 2.29. The van der Waals surface area contributed by atoms with Gasteiger partial charge in [0.2, 0.25) is 11.7 Å². The maximum absolute atomic E-state index is 13.4. The normalized spacial score (nSPS) is 24.2. The minimum absolute atomic E-state index is 0.00160. The molecule has 0 unspecified atom stereocenters. The molecule has 2 amide bonds. The number of Topliss-reactive ketones (excluding diaryl/α,β-unsaturated/α-hetero) is 1. The van der Waals surface area contributed by atoms with Crippen molar-refractivity contribution in [1.29, 1.82) is 0 Å².